The van der Waals surface area contributed by atoms with Crippen LogP contribution in [0.3, 0.4) is 0 Å². The fraction of sp³-hybridized carbons (Fsp3) is 0.355. The Morgan fingerprint density at radius 1 is 0.881 bits per heavy atom. The molecular weight excluding hydrogens is 564 g/mol. The van der Waals surface area contributed by atoms with Crippen molar-refractivity contribution in [3.8, 4) is 5.75 Å². The number of rotatable bonds is 14. The van der Waals surface area contributed by atoms with Crippen molar-refractivity contribution in [2.24, 2.45) is 5.92 Å². The van der Waals surface area contributed by atoms with Gasteiger partial charge in [-0.3, -0.25) is 13.9 Å². The zero-order valence-corrected chi connectivity index (χ0v) is 25.0. The van der Waals surface area contributed by atoms with Gasteiger partial charge in [0.1, 0.15) is 30.0 Å². The van der Waals surface area contributed by atoms with Crippen molar-refractivity contribution in [2.75, 3.05) is 24.0 Å². The summed E-state index contributed by atoms with van der Waals surface area (Å²) in [5, 5.41) is 2.85. The van der Waals surface area contributed by atoms with Gasteiger partial charge < -0.3 is 15.0 Å². The first-order valence-electron chi connectivity index (χ1n) is 13.8. The normalized spacial score (nSPS) is 12.1. The summed E-state index contributed by atoms with van der Waals surface area (Å²) in [7, 11) is -4.35. The number of anilines is 1. The second-order valence-corrected chi connectivity index (χ2v) is 12.0. The predicted molar refractivity (Wildman–Crippen MR) is 157 cm³/mol. The molecular formula is C31H37F2N3O5S. The SMILES string of the molecule is CCOc1ccc(N(CC(=O)N(Cc2ccc(F)cc2)[C@H](CC)C(=O)NCC(C)C)S(=O)(=O)c2ccc(F)cc2)cc1. The number of sulfonamides is 1. The molecule has 0 bridgehead atoms. The summed E-state index contributed by atoms with van der Waals surface area (Å²) in [6.07, 6.45) is 0.255. The zero-order chi connectivity index (χ0) is 30.9. The third kappa shape index (κ3) is 8.51. The Bertz CT molecular complexity index is 1430. The Kier molecular flexibility index (Phi) is 11.4. The van der Waals surface area contributed by atoms with E-state index in [4.69, 9.17) is 4.74 Å². The van der Waals surface area contributed by atoms with E-state index in [0.29, 0.717) is 24.5 Å². The van der Waals surface area contributed by atoms with E-state index >= 15 is 0 Å². The van der Waals surface area contributed by atoms with Crippen molar-refractivity contribution >= 4 is 27.5 Å². The van der Waals surface area contributed by atoms with Gasteiger partial charge in [-0.25, -0.2) is 17.2 Å². The van der Waals surface area contributed by atoms with E-state index in [-0.39, 0.29) is 35.4 Å². The first kappa shape index (κ1) is 32.5. The van der Waals surface area contributed by atoms with Crippen LogP contribution >= 0.6 is 0 Å². The van der Waals surface area contributed by atoms with Crippen LogP contribution in [0.25, 0.3) is 0 Å². The van der Waals surface area contributed by atoms with Crippen LogP contribution in [0, 0.1) is 17.6 Å². The summed E-state index contributed by atoms with van der Waals surface area (Å²) in [6, 6.07) is 15.1. The molecule has 0 saturated carbocycles. The maximum atomic E-state index is 14.0. The Morgan fingerprint density at radius 3 is 1.98 bits per heavy atom. The van der Waals surface area contributed by atoms with E-state index in [2.05, 4.69) is 5.32 Å². The minimum Gasteiger partial charge on any atom is -0.494 e. The van der Waals surface area contributed by atoms with E-state index in [9.17, 15) is 26.8 Å². The lowest BCUT2D eigenvalue weighted by molar-refractivity contribution is -0.140. The van der Waals surface area contributed by atoms with Crippen molar-refractivity contribution in [1.29, 1.82) is 0 Å². The highest BCUT2D eigenvalue weighted by Crippen LogP contribution is 2.27. The number of amides is 2. The van der Waals surface area contributed by atoms with E-state index in [1.807, 2.05) is 20.8 Å². The van der Waals surface area contributed by atoms with Gasteiger partial charge in [0, 0.05) is 13.1 Å². The van der Waals surface area contributed by atoms with Crippen molar-refractivity contribution < 1.29 is 31.5 Å². The van der Waals surface area contributed by atoms with Gasteiger partial charge in [-0.15, -0.1) is 0 Å². The van der Waals surface area contributed by atoms with Gasteiger partial charge in [0.05, 0.1) is 17.2 Å². The molecule has 42 heavy (non-hydrogen) atoms. The molecule has 0 aliphatic rings. The van der Waals surface area contributed by atoms with Crippen LogP contribution in [0.15, 0.2) is 77.7 Å². The van der Waals surface area contributed by atoms with Crippen molar-refractivity contribution in [2.45, 2.75) is 51.6 Å². The van der Waals surface area contributed by atoms with E-state index in [1.165, 1.54) is 41.3 Å². The molecule has 3 aromatic rings. The van der Waals surface area contributed by atoms with Gasteiger partial charge in [0.15, 0.2) is 0 Å². The molecule has 0 aliphatic carbocycles. The van der Waals surface area contributed by atoms with Gasteiger partial charge in [-0.1, -0.05) is 32.9 Å². The third-order valence-corrected chi connectivity index (χ3v) is 8.24. The Morgan fingerprint density at radius 2 is 1.45 bits per heavy atom. The average molecular weight is 602 g/mol. The number of halogens is 2. The number of nitrogens with zero attached hydrogens (tertiary/aromatic N) is 2. The molecule has 0 radical (unpaired) electrons. The van der Waals surface area contributed by atoms with Gasteiger partial charge in [0.25, 0.3) is 10.0 Å². The molecule has 0 heterocycles. The van der Waals surface area contributed by atoms with Crippen molar-refractivity contribution in [1.82, 2.24) is 10.2 Å². The molecule has 3 rings (SSSR count). The van der Waals surface area contributed by atoms with Gasteiger partial charge in [0.2, 0.25) is 11.8 Å². The number of hydrogen-bond acceptors (Lipinski definition) is 5. The van der Waals surface area contributed by atoms with Crippen LogP contribution < -0.4 is 14.4 Å². The number of carbonyl (C=O) groups is 2. The summed E-state index contributed by atoms with van der Waals surface area (Å²) in [5.41, 5.74) is 0.740. The number of carbonyl (C=O) groups excluding carboxylic acids is 2. The number of hydrogen-bond donors (Lipinski definition) is 1. The standard InChI is InChI=1S/C31H37F2N3O5S/c1-5-29(31(38)34-19-22(3)4)35(20-23-7-9-24(32)10-8-23)30(37)21-36(26-13-15-27(16-14-26)41-6-2)42(39,40)28-17-11-25(33)12-18-28/h7-18,22,29H,5-6,19-21H2,1-4H3,(H,34,38)/t29-/m1/s1. The summed E-state index contributed by atoms with van der Waals surface area (Å²) in [4.78, 5) is 28.4. The van der Waals surface area contributed by atoms with Gasteiger partial charge >= 0.3 is 0 Å². The van der Waals surface area contributed by atoms with Gasteiger partial charge in [-0.2, -0.15) is 0 Å². The Balaban J connectivity index is 2.04. The molecule has 0 aliphatic heterocycles. The summed E-state index contributed by atoms with van der Waals surface area (Å²) in [6.45, 7) is 7.55. The molecule has 0 unspecified atom stereocenters. The monoisotopic (exact) mass is 601 g/mol. The zero-order valence-electron chi connectivity index (χ0n) is 24.2. The number of benzene rings is 3. The van der Waals surface area contributed by atoms with E-state index in [0.717, 1.165) is 28.6 Å². The Hall–Kier alpha value is -3.99. The van der Waals surface area contributed by atoms with Crippen LogP contribution in [-0.4, -0.2) is 50.9 Å². The highest BCUT2D eigenvalue weighted by molar-refractivity contribution is 7.92. The maximum absolute atomic E-state index is 14.0. The smallest absolute Gasteiger partial charge is 0.264 e. The van der Waals surface area contributed by atoms with Crippen LogP contribution in [0.2, 0.25) is 0 Å². The van der Waals surface area contributed by atoms with Crippen LogP contribution in [-0.2, 0) is 26.2 Å². The maximum Gasteiger partial charge on any atom is 0.264 e. The van der Waals surface area contributed by atoms with Crippen LogP contribution in [0.4, 0.5) is 14.5 Å². The molecule has 11 heteroatoms. The highest BCUT2D eigenvalue weighted by Gasteiger charge is 2.33. The fourth-order valence-electron chi connectivity index (χ4n) is 4.27. The first-order chi connectivity index (χ1) is 20.0. The highest BCUT2D eigenvalue weighted by atomic mass is 32.2. The predicted octanol–water partition coefficient (Wildman–Crippen LogP) is 5.14. The molecule has 1 N–H and O–H groups in total. The topological polar surface area (TPSA) is 96.0 Å². The molecule has 2 amide bonds. The fourth-order valence-corrected chi connectivity index (χ4v) is 5.68. The molecule has 0 saturated heterocycles. The van der Waals surface area contributed by atoms with Crippen LogP contribution in [0.1, 0.15) is 39.7 Å². The lowest BCUT2D eigenvalue weighted by Gasteiger charge is -2.33. The molecule has 0 fully saturated rings. The first-order valence-corrected chi connectivity index (χ1v) is 15.2. The summed E-state index contributed by atoms with van der Waals surface area (Å²) < 4.78 is 61.3. The lowest BCUT2D eigenvalue weighted by atomic mass is 10.1. The van der Waals surface area contributed by atoms with E-state index in [1.54, 1.807) is 19.1 Å². The van der Waals surface area contributed by atoms with E-state index < -0.39 is 40.2 Å². The molecule has 3 aromatic carbocycles. The van der Waals surface area contributed by atoms with Crippen LogP contribution in [0.5, 0.6) is 5.75 Å². The summed E-state index contributed by atoms with van der Waals surface area (Å²) in [5.74, 6) is -1.41. The quantitative estimate of drug-likeness (QED) is 0.276. The molecule has 1 atom stereocenters. The second-order valence-electron chi connectivity index (χ2n) is 10.1. The van der Waals surface area contributed by atoms with Crippen molar-refractivity contribution in [3.05, 3.63) is 90.0 Å². The minimum atomic E-state index is -4.35. The molecule has 226 valence electrons. The minimum absolute atomic E-state index is 0.0551. The second kappa shape index (κ2) is 14.8. The third-order valence-electron chi connectivity index (χ3n) is 6.45. The number of ether oxygens (including phenoxy) is 1. The molecule has 0 aromatic heterocycles. The molecule has 0 spiro atoms. The van der Waals surface area contributed by atoms with Crippen molar-refractivity contribution in [3.63, 3.8) is 0 Å². The summed E-state index contributed by atoms with van der Waals surface area (Å²) >= 11 is 0. The molecule has 8 nitrogen and oxygen atoms in total. The lowest BCUT2D eigenvalue weighted by Crippen LogP contribution is -2.52. The largest absolute Gasteiger partial charge is 0.494 e. The number of nitrogens with one attached hydrogen (secondary N) is 1. The Labute approximate surface area is 246 Å². The average Bonchev–Trinajstić information content (AvgIpc) is 2.96. The van der Waals surface area contributed by atoms with Gasteiger partial charge in [-0.05, 0) is 85.5 Å².